The minimum Gasteiger partial charge on any atom is -0.336 e. The van der Waals surface area contributed by atoms with E-state index in [0.29, 0.717) is 30.2 Å². The van der Waals surface area contributed by atoms with E-state index in [0.717, 1.165) is 22.0 Å². The molecule has 1 N–H and O–H groups in total. The summed E-state index contributed by atoms with van der Waals surface area (Å²) in [6.45, 7) is 0.210. The van der Waals surface area contributed by atoms with Crippen molar-refractivity contribution >= 4 is 27.5 Å². The van der Waals surface area contributed by atoms with Gasteiger partial charge in [0.2, 0.25) is 15.9 Å². The van der Waals surface area contributed by atoms with Crippen LogP contribution in [-0.4, -0.2) is 55.6 Å². The predicted molar refractivity (Wildman–Crippen MR) is 104 cm³/mol. The number of nitrogens with zero attached hydrogens (tertiary/aromatic N) is 2. The Morgan fingerprint density at radius 1 is 0.967 bits per heavy atom. The first-order valence-corrected chi connectivity index (χ1v) is 10.9. The van der Waals surface area contributed by atoms with Gasteiger partial charge in [-0.15, -0.1) is 0 Å². The lowest BCUT2D eigenvalue weighted by Gasteiger charge is -2.34. The number of sulfonamides is 1. The SMILES string of the molecule is O=C1CCc2cc(C(=O)N3CCN(S(=O)(=O)c4cc(F)ccc4F)CC3)ccc2N1. The Hall–Kier alpha value is -2.85. The number of nitrogens with one attached hydrogen (secondary N) is 1. The smallest absolute Gasteiger partial charge is 0.253 e. The number of amides is 2. The fraction of sp³-hybridized carbons (Fsp3) is 0.300. The van der Waals surface area contributed by atoms with Crippen LogP contribution in [0.5, 0.6) is 0 Å². The summed E-state index contributed by atoms with van der Waals surface area (Å²) in [5.74, 6) is -2.17. The molecule has 0 saturated carbocycles. The Morgan fingerprint density at radius 2 is 1.70 bits per heavy atom. The molecule has 10 heteroatoms. The highest BCUT2D eigenvalue weighted by atomic mass is 32.2. The molecule has 2 aromatic carbocycles. The molecule has 158 valence electrons. The average Bonchev–Trinajstić information content (AvgIpc) is 2.74. The summed E-state index contributed by atoms with van der Waals surface area (Å²) < 4.78 is 53.8. The number of halogens is 2. The summed E-state index contributed by atoms with van der Waals surface area (Å²) in [7, 11) is -4.21. The number of rotatable bonds is 3. The van der Waals surface area contributed by atoms with Crippen molar-refractivity contribution in [1.82, 2.24) is 9.21 Å². The van der Waals surface area contributed by atoms with Gasteiger partial charge in [-0.25, -0.2) is 17.2 Å². The molecule has 7 nitrogen and oxygen atoms in total. The van der Waals surface area contributed by atoms with Crippen molar-refractivity contribution in [2.45, 2.75) is 17.7 Å². The highest BCUT2D eigenvalue weighted by Gasteiger charge is 2.32. The molecule has 2 aliphatic heterocycles. The third kappa shape index (κ3) is 3.80. The Labute approximate surface area is 172 Å². The van der Waals surface area contributed by atoms with E-state index in [9.17, 15) is 26.8 Å². The van der Waals surface area contributed by atoms with Crippen LogP contribution in [0.1, 0.15) is 22.3 Å². The molecule has 2 aromatic rings. The van der Waals surface area contributed by atoms with Gasteiger partial charge in [0.1, 0.15) is 16.5 Å². The summed E-state index contributed by atoms with van der Waals surface area (Å²) >= 11 is 0. The molecule has 4 rings (SSSR count). The van der Waals surface area contributed by atoms with Crippen molar-refractivity contribution in [3.8, 4) is 0 Å². The molecular weight excluding hydrogens is 416 g/mol. The fourth-order valence-electron chi connectivity index (χ4n) is 3.64. The van der Waals surface area contributed by atoms with Gasteiger partial charge in [0.25, 0.3) is 5.91 Å². The van der Waals surface area contributed by atoms with Crippen molar-refractivity contribution in [3.63, 3.8) is 0 Å². The van der Waals surface area contributed by atoms with Crippen LogP contribution in [0.3, 0.4) is 0 Å². The van der Waals surface area contributed by atoms with Crippen LogP contribution in [-0.2, 0) is 21.2 Å². The zero-order chi connectivity index (χ0) is 21.5. The van der Waals surface area contributed by atoms with Crippen molar-refractivity contribution in [2.75, 3.05) is 31.5 Å². The Bertz CT molecular complexity index is 1130. The number of benzene rings is 2. The summed E-state index contributed by atoms with van der Waals surface area (Å²) in [5.41, 5.74) is 2.02. The van der Waals surface area contributed by atoms with Crippen LogP contribution in [0.4, 0.5) is 14.5 Å². The predicted octanol–water partition coefficient (Wildman–Crippen LogP) is 2.00. The average molecular weight is 435 g/mol. The van der Waals surface area contributed by atoms with Gasteiger partial charge >= 0.3 is 0 Å². The van der Waals surface area contributed by atoms with Gasteiger partial charge in [-0.2, -0.15) is 4.31 Å². The number of fused-ring (bicyclic) bond motifs is 1. The zero-order valence-corrected chi connectivity index (χ0v) is 16.7. The normalized spacial score (nSPS) is 17.4. The van der Waals surface area contributed by atoms with Crippen LogP contribution >= 0.6 is 0 Å². The molecule has 0 atom stereocenters. The lowest BCUT2D eigenvalue weighted by atomic mass is 10.00. The molecule has 2 heterocycles. The van der Waals surface area contributed by atoms with E-state index in [1.165, 1.54) is 4.90 Å². The van der Waals surface area contributed by atoms with Crippen LogP contribution in [0, 0.1) is 11.6 Å². The van der Waals surface area contributed by atoms with E-state index in [2.05, 4.69) is 5.32 Å². The standard InChI is InChI=1S/C20H19F2N3O4S/c21-15-3-4-16(22)18(12-15)30(28,29)25-9-7-24(8-10-25)20(27)14-1-5-17-13(11-14)2-6-19(26)23-17/h1,3-5,11-12H,2,6-10H2,(H,23,26). The topological polar surface area (TPSA) is 86.8 Å². The van der Waals surface area contributed by atoms with E-state index in [1.807, 2.05) is 0 Å². The molecule has 0 spiro atoms. The van der Waals surface area contributed by atoms with Crippen LogP contribution in [0.2, 0.25) is 0 Å². The second-order valence-corrected chi connectivity index (χ2v) is 9.10. The van der Waals surface area contributed by atoms with E-state index >= 15 is 0 Å². The van der Waals surface area contributed by atoms with Gasteiger partial charge in [-0.05, 0) is 48.4 Å². The number of aryl methyl sites for hydroxylation is 1. The first kappa shape index (κ1) is 20.4. The number of anilines is 1. The van der Waals surface area contributed by atoms with Crippen LogP contribution in [0.25, 0.3) is 0 Å². The number of hydrogen-bond acceptors (Lipinski definition) is 4. The van der Waals surface area contributed by atoms with Gasteiger partial charge < -0.3 is 10.2 Å². The monoisotopic (exact) mass is 435 g/mol. The molecule has 0 bridgehead atoms. The van der Waals surface area contributed by atoms with Crippen LogP contribution in [0.15, 0.2) is 41.3 Å². The zero-order valence-electron chi connectivity index (χ0n) is 15.9. The molecule has 30 heavy (non-hydrogen) atoms. The highest BCUT2D eigenvalue weighted by Crippen LogP contribution is 2.25. The van der Waals surface area contributed by atoms with Gasteiger partial charge in [-0.3, -0.25) is 9.59 Å². The van der Waals surface area contributed by atoms with Crippen molar-refractivity contribution < 1.29 is 26.8 Å². The second-order valence-electron chi connectivity index (χ2n) is 7.19. The summed E-state index contributed by atoms with van der Waals surface area (Å²) in [5, 5.41) is 2.76. The molecule has 0 aromatic heterocycles. The minimum absolute atomic E-state index is 0.0228. The lowest BCUT2D eigenvalue weighted by molar-refractivity contribution is -0.116. The lowest BCUT2D eigenvalue weighted by Crippen LogP contribution is -2.50. The summed E-state index contributed by atoms with van der Waals surface area (Å²) in [4.78, 5) is 25.1. The first-order chi connectivity index (χ1) is 14.3. The highest BCUT2D eigenvalue weighted by molar-refractivity contribution is 7.89. The number of carbonyl (C=O) groups excluding carboxylic acids is 2. The van der Waals surface area contributed by atoms with Crippen molar-refractivity contribution in [1.29, 1.82) is 0 Å². The van der Waals surface area contributed by atoms with E-state index in [1.54, 1.807) is 18.2 Å². The van der Waals surface area contributed by atoms with E-state index in [4.69, 9.17) is 0 Å². The number of hydrogen-bond donors (Lipinski definition) is 1. The number of carbonyl (C=O) groups is 2. The first-order valence-electron chi connectivity index (χ1n) is 9.43. The van der Waals surface area contributed by atoms with Gasteiger partial charge in [0.15, 0.2) is 0 Å². The van der Waals surface area contributed by atoms with E-state index in [-0.39, 0.29) is 38.0 Å². The Balaban J connectivity index is 1.46. The molecule has 2 aliphatic rings. The summed E-state index contributed by atoms with van der Waals surface area (Å²) in [6.07, 6.45) is 0.908. The van der Waals surface area contributed by atoms with Crippen molar-refractivity contribution in [2.24, 2.45) is 0 Å². The number of piperazine rings is 1. The van der Waals surface area contributed by atoms with Gasteiger partial charge in [0, 0.05) is 43.9 Å². The van der Waals surface area contributed by atoms with Gasteiger partial charge in [0.05, 0.1) is 0 Å². The minimum atomic E-state index is -4.21. The van der Waals surface area contributed by atoms with Crippen molar-refractivity contribution in [3.05, 3.63) is 59.2 Å². The maximum Gasteiger partial charge on any atom is 0.253 e. The third-order valence-electron chi connectivity index (χ3n) is 5.28. The molecule has 1 saturated heterocycles. The van der Waals surface area contributed by atoms with Crippen LogP contribution < -0.4 is 5.32 Å². The Morgan fingerprint density at radius 3 is 2.43 bits per heavy atom. The van der Waals surface area contributed by atoms with Gasteiger partial charge in [-0.1, -0.05) is 0 Å². The second kappa shape index (κ2) is 7.77. The largest absolute Gasteiger partial charge is 0.336 e. The molecule has 2 amide bonds. The molecule has 0 aliphatic carbocycles. The molecule has 1 fully saturated rings. The third-order valence-corrected chi connectivity index (χ3v) is 7.20. The molecule has 0 radical (unpaired) electrons. The quantitative estimate of drug-likeness (QED) is 0.799. The Kier molecular flexibility index (Phi) is 5.29. The maximum atomic E-state index is 13.9. The maximum absolute atomic E-state index is 13.9. The fourth-order valence-corrected chi connectivity index (χ4v) is 5.14. The molecular formula is C20H19F2N3O4S. The summed E-state index contributed by atoms with van der Waals surface area (Å²) in [6, 6.07) is 7.34. The van der Waals surface area contributed by atoms with E-state index < -0.39 is 26.6 Å². The molecule has 0 unspecified atom stereocenters.